The molecule has 0 atom stereocenters. The molecule has 0 aliphatic rings. The Balaban J connectivity index is 2.20. The number of hydrogen-bond acceptors (Lipinski definition) is 1. The van der Waals surface area contributed by atoms with Crippen LogP contribution in [0, 0.1) is 3.57 Å². The highest BCUT2D eigenvalue weighted by Gasteiger charge is 2.13. The molecule has 0 aliphatic heterocycles. The van der Waals surface area contributed by atoms with Crippen LogP contribution in [0.5, 0.6) is 0 Å². The number of anilines is 1. The normalized spacial score (nSPS) is 10.5. The van der Waals surface area contributed by atoms with Crippen molar-refractivity contribution in [2.75, 3.05) is 5.32 Å². The molecule has 5 heteroatoms. The second kappa shape index (κ2) is 6.43. The zero-order valence-electron chi connectivity index (χ0n) is 10.5. The molecule has 0 aliphatic carbocycles. The van der Waals surface area contributed by atoms with E-state index in [1.807, 2.05) is 28.8 Å². The topological polar surface area (TPSA) is 34.0 Å². The van der Waals surface area contributed by atoms with Crippen molar-refractivity contribution >= 4 is 45.8 Å². The molecule has 0 radical (unpaired) electrons. The maximum Gasteiger partial charge on any atom is 0.272 e. The molecule has 0 bridgehead atoms. The molecule has 19 heavy (non-hydrogen) atoms. The highest BCUT2D eigenvalue weighted by molar-refractivity contribution is 14.1. The first-order valence-electron chi connectivity index (χ1n) is 6.02. The van der Waals surface area contributed by atoms with Crippen LogP contribution in [0.2, 0.25) is 5.02 Å². The van der Waals surface area contributed by atoms with Gasteiger partial charge in [-0.2, -0.15) is 0 Å². The molecular weight excluding hydrogens is 375 g/mol. The fraction of sp³-hybridized carbons (Fsp3) is 0.214. The zero-order valence-corrected chi connectivity index (χ0v) is 13.4. The maximum atomic E-state index is 12.2. The number of rotatable bonds is 4. The van der Waals surface area contributed by atoms with Crippen molar-refractivity contribution in [2.45, 2.75) is 19.9 Å². The molecule has 2 rings (SSSR count). The van der Waals surface area contributed by atoms with Crippen molar-refractivity contribution in [1.29, 1.82) is 0 Å². The van der Waals surface area contributed by atoms with Gasteiger partial charge in [0.15, 0.2) is 0 Å². The van der Waals surface area contributed by atoms with E-state index >= 15 is 0 Å². The van der Waals surface area contributed by atoms with E-state index < -0.39 is 0 Å². The molecule has 1 amide bonds. The van der Waals surface area contributed by atoms with Gasteiger partial charge >= 0.3 is 0 Å². The Morgan fingerprint density at radius 3 is 2.89 bits per heavy atom. The number of carbonyl (C=O) groups excluding carboxylic acids is 1. The van der Waals surface area contributed by atoms with E-state index in [4.69, 9.17) is 11.6 Å². The number of amides is 1. The fourth-order valence-electron chi connectivity index (χ4n) is 1.85. The SMILES string of the molecule is CCCn1cc(Cl)cc1C(=O)Nc1cccc(I)c1. The van der Waals surface area contributed by atoms with Gasteiger partial charge in [-0.3, -0.25) is 4.79 Å². The zero-order chi connectivity index (χ0) is 13.8. The minimum absolute atomic E-state index is 0.137. The molecule has 0 spiro atoms. The Labute approximate surface area is 131 Å². The quantitative estimate of drug-likeness (QED) is 0.774. The highest BCUT2D eigenvalue weighted by Crippen LogP contribution is 2.18. The van der Waals surface area contributed by atoms with Gasteiger partial charge in [0.2, 0.25) is 0 Å². The number of halogens is 2. The third-order valence-electron chi connectivity index (χ3n) is 2.64. The number of nitrogens with one attached hydrogen (secondary N) is 1. The molecule has 1 heterocycles. The number of aromatic nitrogens is 1. The molecule has 0 unspecified atom stereocenters. The number of aryl methyl sites for hydroxylation is 1. The summed E-state index contributed by atoms with van der Waals surface area (Å²) in [5.74, 6) is -0.137. The van der Waals surface area contributed by atoms with Crippen molar-refractivity contribution in [2.24, 2.45) is 0 Å². The van der Waals surface area contributed by atoms with E-state index in [0.717, 1.165) is 22.2 Å². The lowest BCUT2D eigenvalue weighted by Crippen LogP contribution is -2.16. The smallest absolute Gasteiger partial charge is 0.272 e. The van der Waals surface area contributed by atoms with E-state index in [9.17, 15) is 4.79 Å². The van der Waals surface area contributed by atoms with Crippen molar-refractivity contribution in [1.82, 2.24) is 4.57 Å². The molecular formula is C14H14ClIN2O. The molecule has 1 N–H and O–H groups in total. The summed E-state index contributed by atoms with van der Waals surface area (Å²) >= 11 is 8.18. The third-order valence-corrected chi connectivity index (χ3v) is 3.52. The molecule has 0 fully saturated rings. The lowest BCUT2D eigenvalue weighted by atomic mass is 10.3. The first-order valence-corrected chi connectivity index (χ1v) is 7.48. The van der Waals surface area contributed by atoms with Crippen LogP contribution in [0.3, 0.4) is 0 Å². The van der Waals surface area contributed by atoms with Crippen molar-refractivity contribution < 1.29 is 4.79 Å². The Morgan fingerprint density at radius 1 is 1.42 bits per heavy atom. The predicted molar refractivity (Wildman–Crippen MR) is 86.8 cm³/mol. The minimum Gasteiger partial charge on any atom is -0.342 e. The first-order chi connectivity index (χ1) is 9.10. The summed E-state index contributed by atoms with van der Waals surface area (Å²) in [6.07, 6.45) is 2.74. The Hall–Kier alpha value is -1.01. The highest BCUT2D eigenvalue weighted by atomic mass is 127. The first kappa shape index (κ1) is 14.4. The molecule has 0 saturated heterocycles. The van der Waals surface area contributed by atoms with Crippen LogP contribution in [-0.4, -0.2) is 10.5 Å². The van der Waals surface area contributed by atoms with E-state index in [2.05, 4.69) is 34.8 Å². The standard InChI is InChI=1S/C14H14ClIN2O/c1-2-6-18-9-10(15)7-13(18)14(19)17-12-5-3-4-11(16)8-12/h3-5,7-9H,2,6H2,1H3,(H,17,19). The molecule has 100 valence electrons. The second-order valence-electron chi connectivity index (χ2n) is 4.20. The number of benzene rings is 1. The van der Waals surface area contributed by atoms with Crippen LogP contribution in [0.15, 0.2) is 36.5 Å². The summed E-state index contributed by atoms with van der Waals surface area (Å²) in [5.41, 5.74) is 1.38. The minimum atomic E-state index is -0.137. The van der Waals surface area contributed by atoms with Gasteiger partial charge in [0.05, 0.1) is 5.02 Å². The van der Waals surface area contributed by atoms with Gasteiger partial charge in [-0.1, -0.05) is 24.6 Å². The van der Waals surface area contributed by atoms with Crippen LogP contribution < -0.4 is 5.32 Å². The summed E-state index contributed by atoms with van der Waals surface area (Å²) in [4.78, 5) is 12.2. The van der Waals surface area contributed by atoms with Gasteiger partial charge in [-0.05, 0) is 53.3 Å². The van der Waals surface area contributed by atoms with Crippen LogP contribution >= 0.6 is 34.2 Å². The van der Waals surface area contributed by atoms with E-state index in [-0.39, 0.29) is 5.91 Å². The lowest BCUT2D eigenvalue weighted by molar-refractivity contribution is 0.101. The number of nitrogens with zero attached hydrogens (tertiary/aromatic N) is 1. The Kier molecular flexibility index (Phi) is 4.87. The largest absolute Gasteiger partial charge is 0.342 e. The van der Waals surface area contributed by atoms with Gasteiger partial charge in [-0.25, -0.2) is 0 Å². The van der Waals surface area contributed by atoms with Crippen molar-refractivity contribution in [3.8, 4) is 0 Å². The van der Waals surface area contributed by atoms with Crippen molar-refractivity contribution in [3.63, 3.8) is 0 Å². The summed E-state index contributed by atoms with van der Waals surface area (Å²) in [5, 5.41) is 3.47. The summed E-state index contributed by atoms with van der Waals surface area (Å²) < 4.78 is 2.96. The van der Waals surface area contributed by atoms with E-state index in [1.165, 1.54) is 0 Å². The van der Waals surface area contributed by atoms with Crippen molar-refractivity contribution in [3.05, 3.63) is 50.8 Å². The van der Waals surface area contributed by atoms with Gasteiger partial charge in [0.25, 0.3) is 5.91 Å². The Bertz CT molecular complexity index is 595. The van der Waals surface area contributed by atoms with Crippen LogP contribution in [0.4, 0.5) is 5.69 Å². The number of carbonyl (C=O) groups is 1. The lowest BCUT2D eigenvalue weighted by Gasteiger charge is -2.08. The predicted octanol–water partition coefficient (Wildman–Crippen LogP) is 4.41. The monoisotopic (exact) mass is 388 g/mol. The molecule has 2 aromatic rings. The van der Waals surface area contributed by atoms with Gasteiger partial charge in [-0.15, -0.1) is 0 Å². The number of hydrogen-bond donors (Lipinski definition) is 1. The van der Waals surface area contributed by atoms with Crippen LogP contribution in [0.1, 0.15) is 23.8 Å². The summed E-state index contributed by atoms with van der Waals surface area (Å²) in [6.45, 7) is 2.84. The molecule has 1 aromatic heterocycles. The second-order valence-corrected chi connectivity index (χ2v) is 5.88. The Morgan fingerprint density at radius 2 is 2.21 bits per heavy atom. The molecule has 1 aromatic carbocycles. The average molecular weight is 389 g/mol. The fourth-order valence-corrected chi connectivity index (χ4v) is 2.62. The summed E-state index contributed by atoms with van der Waals surface area (Å²) in [7, 11) is 0. The van der Waals surface area contributed by atoms with E-state index in [1.54, 1.807) is 12.3 Å². The average Bonchev–Trinajstić information content (AvgIpc) is 2.71. The van der Waals surface area contributed by atoms with Gasteiger partial charge in [0.1, 0.15) is 5.69 Å². The van der Waals surface area contributed by atoms with Crippen LogP contribution in [-0.2, 0) is 6.54 Å². The summed E-state index contributed by atoms with van der Waals surface area (Å²) in [6, 6.07) is 9.38. The molecule has 0 saturated carbocycles. The molecule has 3 nitrogen and oxygen atoms in total. The van der Waals surface area contributed by atoms with Crippen LogP contribution in [0.25, 0.3) is 0 Å². The third kappa shape index (κ3) is 3.73. The van der Waals surface area contributed by atoms with Gasteiger partial charge in [0, 0.05) is 22.0 Å². The van der Waals surface area contributed by atoms with Gasteiger partial charge < -0.3 is 9.88 Å². The maximum absolute atomic E-state index is 12.2. The van der Waals surface area contributed by atoms with E-state index in [0.29, 0.717) is 10.7 Å².